The van der Waals surface area contributed by atoms with E-state index in [0.29, 0.717) is 135 Å². The Kier molecular flexibility index (Phi) is 37.7. The summed E-state index contributed by atoms with van der Waals surface area (Å²) in [4.78, 5) is 92.4. The molecule has 2 amide bonds. The molecule has 0 aromatic heterocycles. The van der Waals surface area contributed by atoms with Crippen molar-refractivity contribution in [3.63, 3.8) is 0 Å². The molecule has 42 nitrogen and oxygen atoms in total. The number of nitrogens with zero attached hydrogens (tertiary/aromatic N) is 2. The van der Waals surface area contributed by atoms with Crippen LogP contribution >= 0.6 is 9.24 Å². The standard InChI is InChI=1S/C45H60N2O19.C42H57N3O18.CH5P/c1-24(48)7-6-10-56-11-12-57-13-14-58-20-27(49)19-46-8-9-47(3)45(53)66-41-33(54-4)15-26(16-34(41)55-5)36-28-17-31-32(62-23-61-31)18-29(28)40(30-21-60-43(52)37(30)36)65-44-39(51)38(50)42-35(64-44)22-59-25(2)63-42;1-22-56-20-32-39(60-22)35(49)36(50)41(61-32)62-38-28-14-31-30(58-21-59-31)13-27(28)33(34-29(38)19-57-40(34)51)23-11-24(16-46)37(25(12-23)17-47)63-42(52)45(2)5-4-44-15-26(48)18-55-10-9-54-8-7-53-6-3-43;1-2/h15-18,25,30,35-40,42,44,46,50-51H,6-14,19-23H2,1-5H3;11-14,22,29,32-36,38-39,41,44,46-47,49-50H,3-10,15-21,43H2,1-2H3;2H2,1H3/t25?,30-,35?,36+,37-,38?,39?,40+,42?,44?;22?,29-,32?,33+,34-,35?,36?,38+,39?,41?;/m10./s1/i;;1D. The van der Waals surface area contributed by atoms with Gasteiger partial charge in [-0.2, -0.15) is 0 Å². The minimum absolute atomic E-state index is 0.000830. The highest BCUT2D eigenvalue weighted by atomic mass is 31.0. The van der Waals surface area contributed by atoms with Crippen LogP contribution in [0.5, 0.6) is 46.0 Å². The maximum atomic E-state index is 13.8. The van der Waals surface area contributed by atoms with E-state index in [9.17, 15) is 64.2 Å². The quantitative estimate of drug-likeness (QED) is 0.0171. The molecule has 0 radical (unpaired) electrons. The first-order chi connectivity index (χ1) is 63.8. The number of aliphatic hydroxyl groups excluding tert-OH is 6. The van der Waals surface area contributed by atoms with Crippen LogP contribution in [0.3, 0.4) is 0 Å². The maximum Gasteiger partial charge on any atom is 0.415 e. The van der Waals surface area contributed by atoms with E-state index in [1.165, 1.54) is 31.1 Å². The molecule has 43 heteroatoms. The lowest BCUT2D eigenvalue weighted by atomic mass is 9.66. The second-order valence-electron chi connectivity index (χ2n) is 32.3. The van der Waals surface area contributed by atoms with Gasteiger partial charge in [0, 0.05) is 96.0 Å². The molecule has 0 spiro atoms. The zero-order chi connectivity index (χ0) is 94.2. The van der Waals surface area contributed by atoms with Crippen molar-refractivity contribution in [3.05, 3.63) is 93.0 Å². The zero-order valence-corrected chi connectivity index (χ0v) is 75.4. The van der Waals surface area contributed by atoms with Gasteiger partial charge in [0.1, 0.15) is 73.6 Å². The number of ether oxygens (including phenoxy) is 24. The van der Waals surface area contributed by atoms with Crippen LogP contribution < -0.4 is 54.3 Å². The number of rotatable bonds is 44. The average molecular weight is 1870 g/mol. The summed E-state index contributed by atoms with van der Waals surface area (Å²) in [6.07, 6.45) is -14.9. The van der Waals surface area contributed by atoms with Gasteiger partial charge in [-0.1, -0.05) is 6.64 Å². The van der Waals surface area contributed by atoms with Crippen molar-refractivity contribution in [2.75, 3.05) is 200 Å². The molecule has 6 fully saturated rings. The second kappa shape index (κ2) is 49.3. The number of nitrogens with two attached hydrogens (primary N) is 1. The van der Waals surface area contributed by atoms with E-state index in [4.69, 9.17) is 121 Å². The van der Waals surface area contributed by atoms with Gasteiger partial charge in [-0.3, -0.25) is 19.2 Å². The Morgan fingerprint density at radius 3 is 1.31 bits per heavy atom. The molecule has 21 atom stereocenters. The third kappa shape index (κ3) is 25.3. The predicted molar refractivity (Wildman–Crippen MR) is 455 cm³/mol. The Labute approximate surface area is 760 Å². The van der Waals surface area contributed by atoms with Gasteiger partial charge in [0.2, 0.25) is 19.3 Å². The van der Waals surface area contributed by atoms with Gasteiger partial charge in [0.05, 0.1) is 150 Å². The average Bonchev–Trinajstić information content (AvgIpc) is 1.48. The molecule has 0 bridgehead atoms. The number of likely N-dealkylation sites (N-methyl/N-ethyl adjacent to an activating group) is 2. The van der Waals surface area contributed by atoms with Crippen molar-refractivity contribution in [1.82, 2.24) is 20.4 Å². The van der Waals surface area contributed by atoms with Gasteiger partial charge in [-0.15, -0.1) is 9.24 Å². The minimum Gasteiger partial charge on any atom is -0.493 e. The lowest BCUT2D eigenvalue weighted by Gasteiger charge is -2.47. The van der Waals surface area contributed by atoms with Crippen molar-refractivity contribution < 1.29 is 179 Å². The van der Waals surface area contributed by atoms with Crippen LogP contribution in [-0.2, 0) is 113 Å². The highest BCUT2D eigenvalue weighted by molar-refractivity contribution is 7.15. The molecule has 2 aliphatic carbocycles. The number of hydrogen-bond donors (Lipinski definition) is 9. The number of carbonyl (C=O) groups excluding carboxylic acids is 7. The molecule has 131 heavy (non-hydrogen) atoms. The van der Waals surface area contributed by atoms with Crippen LogP contribution in [0.15, 0.2) is 48.5 Å². The number of hydrogen-bond acceptors (Lipinski definition) is 40. The number of ketones is 3. The smallest absolute Gasteiger partial charge is 0.415 e. The maximum absolute atomic E-state index is 13.8. The molecule has 4 aromatic rings. The fourth-order valence-electron chi connectivity index (χ4n) is 17.1. The molecular weight excluding hydrogens is 1750 g/mol. The number of Topliss-reactive ketones (excluding diaryl/α,β-unsaturated/α-hetero) is 3. The third-order valence-electron chi connectivity index (χ3n) is 23.6. The van der Waals surface area contributed by atoms with E-state index in [1.807, 2.05) is 0 Å². The fraction of sp³-hybridized carbons (Fsp3) is 0.648. The number of cyclic esters (lactones) is 2. The van der Waals surface area contributed by atoms with E-state index in [1.54, 1.807) is 76.3 Å². The lowest BCUT2D eigenvalue weighted by molar-refractivity contribution is -0.364. The summed E-state index contributed by atoms with van der Waals surface area (Å²) < 4.78 is 144. The Hall–Kier alpha value is -8.32. The molecule has 13 unspecified atom stereocenters. The SMILES string of the molecule is CC1OCC2OC(O[C@@H]3c4cc5c(cc4[C@@H](c4cc(CO)c(OC(=O)N(C)CCNCC(=O)COCCOCCOCCN)c(CO)c4)[C@H]4C(=O)OC[C@@H]43)OCO5)C(O)C(O)C2O1.COc1cc([C@H]2c3cc4c(cc3[C@H](OC3OC5COC(C)OC5C(O)C3O)[C@@H]3COC(=O)[C@@H]23)OCO4)cc(OC)c1OC(=O)N(C)CCNCC(=O)COCCOCCOCCCC(C)=O.[2H]CP. The van der Waals surface area contributed by atoms with E-state index in [-0.39, 0.29) is 157 Å². The van der Waals surface area contributed by atoms with Gasteiger partial charge in [-0.25, -0.2) is 9.59 Å². The van der Waals surface area contributed by atoms with Crippen LogP contribution in [-0.4, -0.2) is 356 Å². The Morgan fingerprint density at radius 2 is 0.908 bits per heavy atom. The van der Waals surface area contributed by atoms with Gasteiger partial charge in [-0.05, 0) is 109 Å². The first-order valence-corrected chi connectivity index (χ1v) is 44.3. The minimum atomic E-state index is -1.52. The number of aliphatic hydroxyl groups is 6. The third-order valence-corrected chi connectivity index (χ3v) is 23.6. The van der Waals surface area contributed by atoms with Gasteiger partial charge >= 0.3 is 24.1 Å². The molecule has 10 aliphatic rings. The van der Waals surface area contributed by atoms with Gasteiger partial charge < -0.3 is 175 Å². The fourth-order valence-corrected chi connectivity index (χ4v) is 17.1. The lowest BCUT2D eigenvalue weighted by Crippen LogP contribution is -2.63. The molecule has 726 valence electrons. The highest BCUT2D eigenvalue weighted by Gasteiger charge is 2.59. The first kappa shape index (κ1) is 100. The molecule has 10 N–H and O–H groups in total. The molecule has 14 rings (SSSR count). The van der Waals surface area contributed by atoms with Crippen molar-refractivity contribution in [3.8, 4) is 46.0 Å². The predicted octanol–water partition coefficient (Wildman–Crippen LogP) is 1.33. The summed E-state index contributed by atoms with van der Waals surface area (Å²) >= 11 is 0. The number of fused-ring (bicyclic) bond motifs is 8. The summed E-state index contributed by atoms with van der Waals surface area (Å²) in [6, 6.07) is 13.6. The summed E-state index contributed by atoms with van der Waals surface area (Å²) in [6.45, 7) is 9.02. The monoisotopic (exact) mass is 1870 g/mol. The Morgan fingerprint density at radius 1 is 0.519 bits per heavy atom. The first-order valence-electron chi connectivity index (χ1n) is 44.2. The van der Waals surface area contributed by atoms with E-state index in [2.05, 4.69) is 19.9 Å². The van der Waals surface area contributed by atoms with E-state index in [0.717, 1.165) is 0 Å². The van der Waals surface area contributed by atoms with Crippen LogP contribution in [0.2, 0.25) is 0 Å². The summed E-state index contributed by atoms with van der Waals surface area (Å²) in [7, 11) is 8.11. The van der Waals surface area contributed by atoms with Crippen molar-refractivity contribution in [1.29, 1.82) is 0 Å². The number of nitrogens with one attached hydrogen (secondary N) is 2. The molecule has 8 heterocycles. The van der Waals surface area contributed by atoms with Crippen molar-refractivity contribution in [2.24, 2.45) is 29.4 Å². The molecular formula is C88H122N5O37P. The van der Waals surface area contributed by atoms with E-state index < -0.39 is 159 Å². The summed E-state index contributed by atoms with van der Waals surface area (Å²) in [5, 5.41) is 71.9. The van der Waals surface area contributed by atoms with Crippen LogP contribution in [0, 0.1) is 23.7 Å². The topological polar surface area (TPSA) is 519 Å². The zero-order valence-electron chi connectivity index (χ0n) is 75.3. The summed E-state index contributed by atoms with van der Waals surface area (Å²) in [5.41, 5.74) is 9.16. The molecule has 0 saturated carbocycles. The summed E-state index contributed by atoms with van der Waals surface area (Å²) in [5.74, 6) is -3.67. The van der Waals surface area contributed by atoms with Gasteiger partial charge in [0.25, 0.3) is 0 Å². The van der Waals surface area contributed by atoms with Crippen molar-refractivity contribution >= 4 is 50.7 Å². The van der Waals surface area contributed by atoms with Crippen LogP contribution in [0.4, 0.5) is 9.59 Å². The number of carbonyl (C=O) groups is 7. The highest BCUT2D eigenvalue weighted by Crippen LogP contribution is 2.59. The Balaban J connectivity index is 0.000000232. The van der Waals surface area contributed by atoms with Crippen LogP contribution in [0.25, 0.3) is 0 Å². The van der Waals surface area contributed by atoms with Crippen LogP contribution in [0.1, 0.15) is 104 Å². The normalized spacial score (nSPS) is 27.5. The number of methoxy groups -OCH3 is 2. The second-order valence-corrected chi connectivity index (χ2v) is 32.3. The van der Waals surface area contributed by atoms with E-state index >= 15 is 0 Å². The number of amides is 2. The molecule has 8 aliphatic heterocycles. The molecule has 6 saturated heterocycles. The van der Waals surface area contributed by atoms with Crippen molar-refractivity contribution in [2.45, 2.75) is 145 Å². The number of benzene rings is 4. The molecule has 4 aromatic carbocycles. The Bertz CT molecular complexity index is 4450. The van der Waals surface area contributed by atoms with Gasteiger partial charge in [0.15, 0.2) is 71.2 Å². The number of esters is 2. The largest absolute Gasteiger partial charge is 0.493 e.